The maximum absolute atomic E-state index is 11.2. The zero-order chi connectivity index (χ0) is 29.6. The molecule has 1 unspecified atom stereocenters. The molecule has 0 radical (unpaired) electrons. The molecule has 0 aliphatic carbocycles. The molecule has 0 spiro atoms. The van der Waals surface area contributed by atoms with Crippen LogP contribution in [0.1, 0.15) is 101 Å². The van der Waals surface area contributed by atoms with Crippen LogP contribution in [0.5, 0.6) is 11.5 Å². The van der Waals surface area contributed by atoms with Gasteiger partial charge in [0, 0.05) is 18.4 Å². The highest BCUT2D eigenvalue weighted by molar-refractivity contribution is 5.84. The molecule has 1 aromatic heterocycles. The first-order chi connectivity index (χ1) is 19.9. The van der Waals surface area contributed by atoms with Gasteiger partial charge in [0.05, 0.1) is 13.7 Å². The third-order valence-corrected chi connectivity index (χ3v) is 8.51. The summed E-state index contributed by atoms with van der Waals surface area (Å²) < 4.78 is 18.5. The van der Waals surface area contributed by atoms with Gasteiger partial charge in [-0.1, -0.05) is 39.7 Å². The number of allylic oxidation sites excluding steroid dienone is 4. The molecule has 1 atom stereocenters. The van der Waals surface area contributed by atoms with Gasteiger partial charge in [-0.05, 0) is 124 Å². The Hall–Kier alpha value is -2.79. The van der Waals surface area contributed by atoms with Crippen molar-refractivity contribution in [1.29, 1.82) is 0 Å². The minimum Gasteiger partial charge on any atom is -0.493 e. The molecule has 1 fully saturated rings. The van der Waals surface area contributed by atoms with E-state index in [0.29, 0.717) is 18.3 Å². The van der Waals surface area contributed by atoms with Crippen molar-refractivity contribution in [3.8, 4) is 11.5 Å². The number of aryl methyl sites for hydroxylation is 2. The van der Waals surface area contributed by atoms with Gasteiger partial charge in [-0.3, -0.25) is 0 Å². The molecule has 3 rings (SSSR count). The summed E-state index contributed by atoms with van der Waals surface area (Å²) in [5, 5.41) is 0. The quantitative estimate of drug-likeness (QED) is 0.142. The fraction of sp³-hybridized carbons (Fsp3) is 0.583. The van der Waals surface area contributed by atoms with Gasteiger partial charge in [-0.2, -0.15) is 0 Å². The minimum absolute atomic E-state index is 0.437. The van der Waals surface area contributed by atoms with E-state index < -0.39 is 0 Å². The van der Waals surface area contributed by atoms with E-state index in [0.717, 1.165) is 99.5 Å². The number of carbonyl (C=O) groups excluding carboxylic acids is 1. The molecule has 0 amide bonds. The largest absolute Gasteiger partial charge is 0.493 e. The standard InChI is InChI=1S/C36H53NO4/c1-7-10-13-31(34-16-15-32(9-3)41-34)24-30(14-11-12-28(8-2)19-22-38)33-25-35(39-6)36(23-27(33)4)40-26-29-17-20-37(5)21-18-29/h13,15-16,22-25,28-29H,7-12,14,17-21,26H2,1-6H3/b30-24-,31-13-. The van der Waals surface area contributed by atoms with Crippen LogP contribution >= 0.6 is 0 Å². The molecular weight excluding hydrogens is 510 g/mol. The van der Waals surface area contributed by atoms with E-state index in [2.05, 4.69) is 76.1 Å². The van der Waals surface area contributed by atoms with E-state index in [1.165, 1.54) is 29.5 Å². The van der Waals surface area contributed by atoms with E-state index in [1.807, 2.05) is 0 Å². The lowest BCUT2D eigenvalue weighted by atomic mass is 9.90. The van der Waals surface area contributed by atoms with Crippen LogP contribution in [0.2, 0.25) is 0 Å². The van der Waals surface area contributed by atoms with Crippen molar-refractivity contribution in [2.75, 3.05) is 33.9 Å². The number of ether oxygens (including phenoxy) is 2. The summed E-state index contributed by atoms with van der Waals surface area (Å²) in [5.74, 6) is 4.54. The first-order valence-electron chi connectivity index (χ1n) is 15.9. The fourth-order valence-corrected chi connectivity index (χ4v) is 5.65. The number of rotatable bonds is 17. The number of benzene rings is 1. The maximum Gasteiger partial charge on any atom is 0.161 e. The summed E-state index contributed by atoms with van der Waals surface area (Å²) in [6.45, 7) is 11.7. The Morgan fingerprint density at radius 2 is 1.93 bits per heavy atom. The zero-order valence-corrected chi connectivity index (χ0v) is 26.5. The SMILES string of the molecule is CCC/C=C(/C=C(/CCCC(CC)CC=O)c1cc(OC)c(OCC2CCN(C)CC2)cc1C)c1ccc(CC)o1. The van der Waals surface area contributed by atoms with Crippen LogP contribution < -0.4 is 9.47 Å². The second kappa shape index (κ2) is 17.2. The number of hydrogen-bond acceptors (Lipinski definition) is 5. The van der Waals surface area contributed by atoms with Crippen molar-refractivity contribution in [3.05, 3.63) is 59.1 Å². The number of unbranched alkanes of at least 4 members (excludes halogenated alkanes) is 1. The molecule has 1 aliphatic rings. The van der Waals surface area contributed by atoms with E-state index in [9.17, 15) is 4.79 Å². The van der Waals surface area contributed by atoms with Crippen molar-refractivity contribution in [3.63, 3.8) is 0 Å². The average molecular weight is 564 g/mol. The predicted molar refractivity (Wildman–Crippen MR) is 171 cm³/mol. The van der Waals surface area contributed by atoms with Crippen LogP contribution in [-0.4, -0.2) is 45.0 Å². The van der Waals surface area contributed by atoms with Gasteiger partial charge in [-0.15, -0.1) is 0 Å². The molecule has 5 nitrogen and oxygen atoms in total. The number of furan rings is 1. The molecule has 5 heteroatoms. The van der Waals surface area contributed by atoms with E-state index >= 15 is 0 Å². The number of hydrogen-bond donors (Lipinski definition) is 0. The molecule has 1 aromatic carbocycles. The third-order valence-electron chi connectivity index (χ3n) is 8.51. The molecule has 0 N–H and O–H groups in total. The summed E-state index contributed by atoms with van der Waals surface area (Å²) in [7, 11) is 3.92. The Bertz CT molecular complexity index is 1140. The summed E-state index contributed by atoms with van der Waals surface area (Å²) in [6, 6.07) is 8.48. The number of methoxy groups -OCH3 is 1. The first-order valence-corrected chi connectivity index (χ1v) is 15.9. The van der Waals surface area contributed by atoms with Gasteiger partial charge < -0.3 is 23.6 Å². The van der Waals surface area contributed by atoms with Gasteiger partial charge in [0.2, 0.25) is 0 Å². The van der Waals surface area contributed by atoms with Gasteiger partial charge in [0.25, 0.3) is 0 Å². The summed E-state index contributed by atoms with van der Waals surface area (Å²) >= 11 is 0. The van der Waals surface area contributed by atoms with Crippen LogP contribution in [-0.2, 0) is 11.2 Å². The van der Waals surface area contributed by atoms with Crippen LogP contribution in [0.3, 0.4) is 0 Å². The van der Waals surface area contributed by atoms with Gasteiger partial charge >= 0.3 is 0 Å². The molecule has 2 aromatic rings. The Morgan fingerprint density at radius 1 is 1.15 bits per heavy atom. The van der Waals surface area contributed by atoms with Gasteiger partial charge in [-0.25, -0.2) is 0 Å². The lowest BCUT2D eigenvalue weighted by molar-refractivity contribution is -0.108. The number of piperidine rings is 1. The van der Waals surface area contributed by atoms with Gasteiger partial charge in [0.1, 0.15) is 17.8 Å². The summed E-state index contributed by atoms with van der Waals surface area (Å²) in [5.41, 5.74) is 4.75. The number of aldehydes is 1. The number of likely N-dealkylation sites (tertiary alicyclic amines) is 1. The molecule has 1 aliphatic heterocycles. The first kappa shape index (κ1) is 32.7. The molecule has 226 valence electrons. The lowest BCUT2D eigenvalue weighted by Crippen LogP contribution is -2.32. The zero-order valence-electron chi connectivity index (χ0n) is 26.5. The van der Waals surface area contributed by atoms with E-state index in [-0.39, 0.29) is 0 Å². The molecule has 2 heterocycles. The number of nitrogens with zero attached hydrogens (tertiary/aromatic N) is 1. The van der Waals surface area contributed by atoms with Crippen LogP contribution in [0, 0.1) is 18.8 Å². The van der Waals surface area contributed by atoms with E-state index in [4.69, 9.17) is 13.9 Å². The highest BCUT2D eigenvalue weighted by Gasteiger charge is 2.20. The van der Waals surface area contributed by atoms with E-state index in [1.54, 1.807) is 7.11 Å². The molecule has 41 heavy (non-hydrogen) atoms. The van der Waals surface area contributed by atoms with Gasteiger partial charge in [0.15, 0.2) is 11.5 Å². The smallest absolute Gasteiger partial charge is 0.161 e. The van der Waals surface area contributed by atoms with Crippen molar-refractivity contribution in [2.45, 2.75) is 91.9 Å². The van der Waals surface area contributed by atoms with Crippen molar-refractivity contribution >= 4 is 17.4 Å². The fourth-order valence-electron chi connectivity index (χ4n) is 5.65. The number of carbonyl (C=O) groups is 1. The molecular formula is C36H53NO4. The molecule has 0 bridgehead atoms. The van der Waals surface area contributed by atoms with Crippen LogP contribution in [0.4, 0.5) is 0 Å². The van der Waals surface area contributed by atoms with Crippen molar-refractivity contribution < 1.29 is 18.7 Å². The highest BCUT2D eigenvalue weighted by atomic mass is 16.5. The molecule has 1 saturated heterocycles. The normalized spacial score (nSPS) is 16.1. The maximum atomic E-state index is 11.2. The Kier molecular flexibility index (Phi) is 13.8. The Labute approximate surface area is 249 Å². The minimum atomic E-state index is 0.437. The Balaban J connectivity index is 1.94. The van der Waals surface area contributed by atoms with Crippen LogP contribution in [0.15, 0.2) is 40.8 Å². The van der Waals surface area contributed by atoms with Crippen molar-refractivity contribution in [1.82, 2.24) is 4.90 Å². The average Bonchev–Trinajstić information content (AvgIpc) is 3.47. The topological polar surface area (TPSA) is 51.9 Å². The summed E-state index contributed by atoms with van der Waals surface area (Å²) in [6.07, 6.45) is 15.6. The second-order valence-corrected chi connectivity index (χ2v) is 11.7. The van der Waals surface area contributed by atoms with Crippen molar-refractivity contribution in [2.24, 2.45) is 11.8 Å². The van der Waals surface area contributed by atoms with Crippen LogP contribution in [0.25, 0.3) is 11.1 Å². The third kappa shape index (κ3) is 9.92. The lowest BCUT2D eigenvalue weighted by Gasteiger charge is -2.29. The highest BCUT2D eigenvalue weighted by Crippen LogP contribution is 2.38. The Morgan fingerprint density at radius 3 is 2.56 bits per heavy atom. The second-order valence-electron chi connectivity index (χ2n) is 11.7. The predicted octanol–water partition coefficient (Wildman–Crippen LogP) is 8.93. The molecule has 0 saturated carbocycles. The monoisotopic (exact) mass is 563 g/mol. The summed E-state index contributed by atoms with van der Waals surface area (Å²) in [4.78, 5) is 13.6.